The molecule has 2 amide bonds. The number of carbonyl (C=O) groups excluding carboxylic acids is 2. The van der Waals surface area contributed by atoms with Crippen molar-refractivity contribution in [3.05, 3.63) is 34.9 Å². The first-order chi connectivity index (χ1) is 12.1. The van der Waals surface area contributed by atoms with Gasteiger partial charge in [0.2, 0.25) is 5.91 Å². The van der Waals surface area contributed by atoms with Crippen LogP contribution in [-0.4, -0.2) is 52.1 Å². The number of ether oxygens (including phenoxy) is 1. The van der Waals surface area contributed by atoms with Gasteiger partial charge in [-0.2, -0.15) is 0 Å². The molecule has 0 aliphatic carbocycles. The van der Waals surface area contributed by atoms with E-state index in [0.717, 1.165) is 5.56 Å². The minimum Gasteiger partial charge on any atom is -0.444 e. The molecule has 2 N–H and O–H groups in total. The molecule has 3 unspecified atom stereocenters. The number of carbonyl (C=O) groups is 2. The van der Waals surface area contributed by atoms with Gasteiger partial charge in [-0.15, -0.1) is 11.8 Å². The number of thioether (sulfide) groups is 1. The SMILES string of the molecule is CC(O)CNC(=O)C1CSC(c2ccc(Cl)cc2)N1C(=O)OC(C)(C)C. The maximum absolute atomic E-state index is 12.8. The third-order valence-electron chi connectivity index (χ3n) is 3.63. The van der Waals surface area contributed by atoms with E-state index in [2.05, 4.69) is 5.32 Å². The summed E-state index contributed by atoms with van der Waals surface area (Å²) in [5, 5.41) is 12.3. The summed E-state index contributed by atoms with van der Waals surface area (Å²) < 4.78 is 5.52. The number of aliphatic hydroxyl groups excluding tert-OH is 1. The Morgan fingerprint density at radius 1 is 1.38 bits per heavy atom. The van der Waals surface area contributed by atoms with Gasteiger partial charge in [0.15, 0.2) is 0 Å². The molecular weight excluding hydrogens is 376 g/mol. The molecule has 3 atom stereocenters. The Labute approximate surface area is 163 Å². The summed E-state index contributed by atoms with van der Waals surface area (Å²) in [5.41, 5.74) is 0.200. The van der Waals surface area contributed by atoms with Gasteiger partial charge in [0, 0.05) is 17.3 Å². The fourth-order valence-corrected chi connectivity index (χ4v) is 4.04. The summed E-state index contributed by atoms with van der Waals surface area (Å²) in [5.74, 6) is 0.138. The van der Waals surface area contributed by atoms with Crippen molar-refractivity contribution in [2.45, 2.75) is 50.8 Å². The second-order valence-electron chi connectivity index (χ2n) is 7.23. The Kier molecular flexibility index (Phi) is 6.82. The van der Waals surface area contributed by atoms with E-state index in [9.17, 15) is 14.7 Å². The first-order valence-electron chi connectivity index (χ1n) is 8.42. The lowest BCUT2D eigenvalue weighted by Crippen LogP contribution is -2.50. The molecule has 0 bridgehead atoms. The van der Waals surface area contributed by atoms with Crippen molar-refractivity contribution in [3.63, 3.8) is 0 Å². The molecule has 1 saturated heterocycles. The number of rotatable bonds is 4. The highest BCUT2D eigenvalue weighted by molar-refractivity contribution is 7.99. The number of amides is 2. The van der Waals surface area contributed by atoms with Gasteiger partial charge in [-0.05, 0) is 45.4 Å². The quantitative estimate of drug-likeness (QED) is 0.811. The maximum Gasteiger partial charge on any atom is 0.412 e. The summed E-state index contributed by atoms with van der Waals surface area (Å²) in [6, 6.07) is 6.52. The normalized spacial score (nSPS) is 21.4. The van der Waals surface area contributed by atoms with Crippen LogP contribution < -0.4 is 5.32 Å². The molecule has 0 radical (unpaired) electrons. The van der Waals surface area contributed by atoms with Gasteiger partial charge in [-0.3, -0.25) is 9.69 Å². The van der Waals surface area contributed by atoms with Crippen LogP contribution >= 0.6 is 23.4 Å². The number of aliphatic hydroxyl groups is 1. The van der Waals surface area contributed by atoms with E-state index in [0.29, 0.717) is 10.8 Å². The molecule has 1 aromatic rings. The monoisotopic (exact) mass is 400 g/mol. The number of nitrogens with one attached hydrogen (secondary N) is 1. The molecule has 1 aromatic carbocycles. The van der Waals surface area contributed by atoms with Crippen LogP contribution in [-0.2, 0) is 9.53 Å². The Hall–Kier alpha value is -1.44. The van der Waals surface area contributed by atoms with Crippen LogP contribution in [0.5, 0.6) is 0 Å². The standard InChI is InChI=1S/C18H25ClN2O4S/c1-11(22)9-20-15(23)14-10-26-16(12-5-7-13(19)8-6-12)21(14)17(24)25-18(2,3)4/h5-8,11,14,16,22H,9-10H2,1-4H3,(H,20,23). The van der Waals surface area contributed by atoms with E-state index in [1.807, 2.05) is 12.1 Å². The molecule has 0 spiro atoms. The fourth-order valence-electron chi connectivity index (χ4n) is 2.50. The first kappa shape index (κ1) is 20.9. The smallest absolute Gasteiger partial charge is 0.412 e. The second kappa shape index (κ2) is 8.50. The second-order valence-corrected chi connectivity index (χ2v) is 8.78. The highest BCUT2D eigenvalue weighted by atomic mass is 35.5. The largest absolute Gasteiger partial charge is 0.444 e. The number of benzene rings is 1. The molecule has 1 heterocycles. The Bertz CT molecular complexity index is 646. The van der Waals surface area contributed by atoms with Gasteiger partial charge in [0.1, 0.15) is 17.0 Å². The lowest BCUT2D eigenvalue weighted by atomic mass is 10.1. The fraction of sp³-hybridized carbons (Fsp3) is 0.556. The first-order valence-corrected chi connectivity index (χ1v) is 9.85. The molecule has 26 heavy (non-hydrogen) atoms. The molecule has 8 heteroatoms. The van der Waals surface area contributed by atoms with E-state index < -0.39 is 23.8 Å². The Morgan fingerprint density at radius 3 is 2.54 bits per heavy atom. The van der Waals surface area contributed by atoms with Crippen molar-refractivity contribution in [2.75, 3.05) is 12.3 Å². The van der Waals surface area contributed by atoms with Gasteiger partial charge in [-0.1, -0.05) is 23.7 Å². The van der Waals surface area contributed by atoms with Gasteiger partial charge in [0.25, 0.3) is 0 Å². The topological polar surface area (TPSA) is 78.9 Å². The van der Waals surface area contributed by atoms with E-state index in [4.69, 9.17) is 16.3 Å². The lowest BCUT2D eigenvalue weighted by molar-refractivity contribution is -0.126. The number of hydrogen-bond acceptors (Lipinski definition) is 5. The molecule has 144 valence electrons. The van der Waals surface area contributed by atoms with Crippen LogP contribution in [0.4, 0.5) is 4.79 Å². The van der Waals surface area contributed by atoms with E-state index in [1.54, 1.807) is 39.8 Å². The van der Waals surface area contributed by atoms with Crippen LogP contribution in [0.2, 0.25) is 5.02 Å². The molecule has 0 saturated carbocycles. The molecular formula is C18H25ClN2O4S. The highest BCUT2D eigenvalue weighted by Gasteiger charge is 2.44. The molecule has 0 aromatic heterocycles. The predicted octanol–water partition coefficient (Wildman–Crippen LogP) is 3.19. The van der Waals surface area contributed by atoms with Crippen LogP contribution in [0.25, 0.3) is 0 Å². The van der Waals surface area contributed by atoms with Crippen LogP contribution in [0.1, 0.15) is 38.6 Å². The zero-order chi connectivity index (χ0) is 19.5. The number of nitrogens with zero attached hydrogens (tertiary/aromatic N) is 1. The lowest BCUT2D eigenvalue weighted by Gasteiger charge is -2.31. The third-order valence-corrected chi connectivity index (χ3v) is 5.21. The van der Waals surface area contributed by atoms with Crippen LogP contribution in [0, 0.1) is 0 Å². The summed E-state index contributed by atoms with van der Waals surface area (Å²) in [6.45, 7) is 7.08. The minimum atomic E-state index is -0.672. The van der Waals surface area contributed by atoms with Crippen molar-refractivity contribution in [1.29, 1.82) is 0 Å². The summed E-state index contributed by atoms with van der Waals surface area (Å²) >= 11 is 7.45. The molecule has 2 rings (SSSR count). The summed E-state index contributed by atoms with van der Waals surface area (Å²) in [6.07, 6.45) is -1.20. The van der Waals surface area contributed by atoms with Gasteiger partial charge >= 0.3 is 6.09 Å². The zero-order valence-electron chi connectivity index (χ0n) is 15.4. The minimum absolute atomic E-state index is 0.133. The number of halogens is 1. The van der Waals surface area contributed by atoms with E-state index in [1.165, 1.54) is 16.7 Å². The average molecular weight is 401 g/mol. The average Bonchev–Trinajstić information content (AvgIpc) is 2.96. The predicted molar refractivity (Wildman–Crippen MR) is 103 cm³/mol. The van der Waals surface area contributed by atoms with Crippen molar-refractivity contribution in [2.24, 2.45) is 0 Å². The van der Waals surface area contributed by atoms with Crippen LogP contribution in [0.15, 0.2) is 24.3 Å². The number of hydrogen-bond donors (Lipinski definition) is 2. The van der Waals surface area contributed by atoms with Gasteiger partial charge < -0.3 is 15.2 Å². The summed E-state index contributed by atoms with van der Waals surface area (Å²) in [4.78, 5) is 26.8. The van der Waals surface area contributed by atoms with Gasteiger partial charge in [0.05, 0.1) is 6.10 Å². The van der Waals surface area contributed by atoms with Crippen molar-refractivity contribution in [3.8, 4) is 0 Å². The van der Waals surface area contributed by atoms with Crippen molar-refractivity contribution in [1.82, 2.24) is 10.2 Å². The zero-order valence-corrected chi connectivity index (χ0v) is 16.9. The molecule has 1 fully saturated rings. The maximum atomic E-state index is 12.8. The van der Waals surface area contributed by atoms with Crippen molar-refractivity contribution >= 4 is 35.4 Å². The molecule has 1 aliphatic rings. The Balaban J connectivity index is 2.26. The molecule has 1 aliphatic heterocycles. The Morgan fingerprint density at radius 2 is 2.00 bits per heavy atom. The van der Waals surface area contributed by atoms with Crippen LogP contribution in [0.3, 0.4) is 0 Å². The van der Waals surface area contributed by atoms with Crippen molar-refractivity contribution < 1.29 is 19.4 Å². The van der Waals surface area contributed by atoms with E-state index in [-0.39, 0.29) is 17.8 Å². The summed E-state index contributed by atoms with van der Waals surface area (Å²) in [7, 11) is 0. The third kappa shape index (κ3) is 5.53. The highest BCUT2D eigenvalue weighted by Crippen LogP contribution is 2.42. The van der Waals surface area contributed by atoms with E-state index >= 15 is 0 Å². The van der Waals surface area contributed by atoms with Gasteiger partial charge in [-0.25, -0.2) is 4.79 Å². The molecule has 6 nitrogen and oxygen atoms in total.